The molecule has 1 amide bonds. The Morgan fingerprint density at radius 1 is 1.07 bits per heavy atom. The molecule has 0 radical (unpaired) electrons. The van der Waals surface area contributed by atoms with Crippen LogP contribution in [0.1, 0.15) is 40.7 Å². The van der Waals surface area contributed by atoms with Gasteiger partial charge in [-0.3, -0.25) is 10.1 Å². The molecule has 0 aromatic heterocycles. The van der Waals surface area contributed by atoms with Crippen molar-refractivity contribution >= 4 is 34.6 Å². The quantitative estimate of drug-likeness (QED) is 0.675. The Morgan fingerprint density at radius 3 is 2.45 bits per heavy atom. The van der Waals surface area contributed by atoms with Crippen LogP contribution in [0.15, 0.2) is 42.5 Å². The third kappa shape index (κ3) is 5.47. The maximum Gasteiger partial charge on any atom is 0.416 e. The van der Waals surface area contributed by atoms with Crippen molar-refractivity contribution in [2.45, 2.75) is 32.4 Å². The molecule has 0 atom stereocenters. The number of thiocarbonyl (C=S) groups is 1. The lowest BCUT2D eigenvalue weighted by atomic mass is 10.1. The molecule has 1 fully saturated rings. The van der Waals surface area contributed by atoms with Crippen molar-refractivity contribution in [2.24, 2.45) is 0 Å². The monoisotopic (exact) mass is 421 g/mol. The molecule has 154 valence electrons. The number of carbonyl (C=O) groups is 1. The third-order valence-corrected chi connectivity index (χ3v) is 4.98. The maximum atomic E-state index is 13.2. The van der Waals surface area contributed by atoms with Crippen LogP contribution in [0.25, 0.3) is 0 Å². The molecular formula is C21H22F3N3OS. The number of anilines is 2. The Hall–Kier alpha value is -2.61. The molecule has 1 aliphatic heterocycles. The molecule has 4 nitrogen and oxygen atoms in total. The minimum absolute atomic E-state index is 0.0471. The molecule has 2 N–H and O–H groups in total. The Kier molecular flexibility index (Phi) is 6.42. The summed E-state index contributed by atoms with van der Waals surface area (Å²) < 4.78 is 39.6. The molecule has 0 bridgehead atoms. The van der Waals surface area contributed by atoms with E-state index < -0.39 is 17.6 Å². The van der Waals surface area contributed by atoms with Crippen LogP contribution < -0.4 is 15.5 Å². The summed E-state index contributed by atoms with van der Waals surface area (Å²) in [7, 11) is 0. The zero-order valence-electron chi connectivity index (χ0n) is 16.0. The van der Waals surface area contributed by atoms with Crippen LogP contribution in [0, 0.1) is 6.92 Å². The number of carbonyl (C=O) groups excluding carboxylic acids is 1. The first kappa shape index (κ1) is 21.1. The Balaban J connectivity index is 1.81. The van der Waals surface area contributed by atoms with E-state index in [0.29, 0.717) is 11.3 Å². The van der Waals surface area contributed by atoms with E-state index >= 15 is 0 Å². The number of aryl methyl sites for hydroxylation is 1. The summed E-state index contributed by atoms with van der Waals surface area (Å²) in [5, 5.41) is 5.29. The summed E-state index contributed by atoms with van der Waals surface area (Å²) in [4.78, 5) is 14.4. The number of alkyl halides is 3. The second-order valence-electron chi connectivity index (χ2n) is 7.06. The van der Waals surface area contributed by atoms with E-state index in [4.69, 9.17) is 12.2 Å². The lowest BCUT2D eigenvalue weighted by molar-refractivity contribution is -0.137. The minimum atomic E-state index is -4.47. The van der Waals surface area contributed by atoms with Gasteiger partial charge in [0.25, 0.3) is 5.91 Å². The van der Waals surface area contributed by atoms with Gasteiger partial charge in [0.05, 0.1) is 16.9 Å². The Morgan fingerprint density at radius 2 is 1.79 bits per heavy atom. The summed E-state index contributed by atoms with van der Waals surface area (Å²) in [6, 6.07) is 10.5. The number of nitrogens with zero attached hydrogens (tertiary/aromatic N) is 1. The number of benzene rings is 2. The fourth-order valence-electron chi connectivity index (χ4n) is 3.34. The molecular weight excluding hydrogens is 399 g/mol. The van der Waals surface area contributed by atoms with Gasteiger partial charge in [0, 0.05) is 18.7 Å². The van der Waals surface area contributed by atoms with Crippen LogP contribution >= 0.6 is 12.2 Å². The topological polar surface area (TPSA) is 44.4 Å². The van der Waals surface area contributed by atoms with Crippen LogP contribution in [0.2, 0.25) is 0 Å². The van der Waals surface area contributed by atoms with E-state index in [9.17, 15) is 18.0 Å². The molecule has 0 spiro atoms. The number of nitrogens with one attached hydrogen (secondary N) is 2. The number of rotatable bonds is 3. The average Bonchev–Trinajstić information content (AvgIpc) is 2.68. The van der Waals surface area contributed by atoms with Gasteiger partial charge in [0.1, 0.15) is 0 Å². The molecule has 2 aromatic rings. The van der Waals surface area contributed by atoms with Crippen molar-refractivity contribution in [2.75, 3.05) is 23.3 Å². The second kappa shape index (κ2) is 8.82. The molecule has 0 unspecified atom stereocenters. The molecule has 8 heteroatoms. The molecule has 1 saturated heterocycles. The van der Waals surface area contributed by atoms with Gasteiger partial charge in [-0.05, 0) is 68.7 Å². The third-order valence-electron chi connectivity index (χ3n) is 4.78. The van der Waals surface area contributed by atoms with Crippen molar-refractivity contribution < 1.29 is 18.0 Å². The van der Waals surface area contributed by atoms with Crippen LogP contribution in [-0.4, -0.2) is 24.1 Å². The summed E-state index contributed by atoms with van der Waals surface area (Å²) in [6.45, 7) is 3.39. The Bertz CT molecular complexity index is 908. The summed E-state index contributed by atoms with van der Waals surface area (Å²) in [5.41, 5.74) is 1.45. The van der Waals surface area contributed by atoms with Gasteiger partial charge in [-0.2, -0.15) is 13.2 Å². The molecule has 1 heterocycles. The van der Waals surface area contributed by atoms with E-state index in [1.54, 1.807) is 18.2 Å². The highest BCUT2D eigenvalue weighted by Gasteiger charge is 2.31. The number of hydrogen-bond acceptors (Lipinski definition) is 3. The van der Waals surface area contributed by atoms with Crippen molar-refractivity contribution in [3.8, 4) is 0 Å². The summed E-state index contributed by atoms with van der Waals surface area (Å²) >= 11 is 5.20. The number of piperidine rings is 1. The molecule has 29 heavy (non-hydrogen) atoms. The Labute approximate surface area is 173 Å². The smallest absolute Gasteiger partial charge is 0.370 e. The number of amides is 1. The highest BCUT2D eigenvalue weighted by atomic mass is 32.1. The van der Waals surface area contributed by atoms with Crippen molar-refractivity contribution in [1.82, 2.24) is 5.32 Å². The fraction of sp³-hybridized carbons (Fsp3) is 0.333. The van der Waals surface area contributed by atoms with Gasteiger partial charge in [-0.1, -0.05) is 17.7 Å². The first-order valence-electron chi connectivity index (χ1n) is 9.39. The predicted octanol–water partition coefficient (Wildman–Crippen LogP) is 5.13. The largest absolute Gasteiger partial charge is 0.416 e. The molecule has 0 saturated carbocycles. The standard InChI is InChI=1S/C21H22F3N3OS/c1-14-6-5-7-15(12-14)19(28)26-20(29)25-17-13-16(21(22,23)24)8-9-18(17)27-10-3-2-4-11-27/h5-9,12-13H,2-4,10-11H2,1H3,(H2,25,26,28,29). The highest BCUT2D eigenvalue weighted by molar-refractivity contribution is 7.80. The summed E-state index contributed by atoms with van der Waals surface area (Å²) in [6.07, 6.45) is -1.40. The predicted molar refractivity (Wildman–Crippen MR) is 112 cm³/mol. The summed E-state index contributed by atoms with van der Waals surface area (Å²) in [5.74, 6) is -0.419. The highest BCUT2D eigenvalue weighted by Crippen LogP contribution is 2.36. The fourth-order valence-corrected chi connectivity index (χ4v) is 3.54. The lowest BCUT2D eigenvalue weighted by Gasteiger charge is -2.31. The zero-order valence-corrected chi connectivity index (χ0v) is 16.8. The normalized spacial score (nSPS) is 14.4. The van der Waals surface area contributed by atoms with Gasteiger partial charge >= 0.3 is 6.18 Å². The van der Waals surface area contributed by atoms with Crippen LogP contribution in [0.5, 0.6) is 0 Å². The zero-order chi connectivity index (χ0) is 21.0. The van der Waals surface area contributed by atoms with E-state index in [2.05, 4.69) is 10.6 Å². The van der Waals surface area contributed by atoms with E-state index in [0.717, 1.165) is 50.0 Å². The lowest BCUT2D eigenvalue weighted by Crippen LogP contribution is -2.35. The average molecular weight is 421 g/mol. The van der Waals surface area contributed by atoms with Crippen LogP contribution in [-0.2, 0) is 6.18 Å². The second-order valence-corrected chi connectivity index (χ2v) is 7.46. The number of halogens is 3. The van der Waals surface area contributed by atoms with E-state index in [-0.39, 0.29) is 10.8 Å². The van der Waals surface area contributed by atoms with Gasteiger partial charge in [-0.15, -0.1) is 0 Å². The van der Waals surface area contributed by atoms with E-state index in [1.807, 2.05) is 17.9 Å². The molecule has 3 rings (SSSR count). The van der Waals surface area contributed by atoms with Crippen LogP contribution in [0.3, 0.4) is 0 Å². The van der Waals surface area contributed by atoms with Gasteiger partial charge in [-0.25, -0.2) is 0 Å². The van der Waals surface area contributed by atoms with Crippen molar-refractivity contribution in [3.63, 3.8) is 0 Å². The maximum absolute atomic E-state index is 13.2. The van der Waals surface area contributed by atoms with E-state index in [1.165, 1.54) is 6.07 Å². The molecule has 0 aliphatic carbocycles. The van der Waals surface area contributed by atoms with Gasteiger partial charge in [0.15, 0.2) is 5.11 Å². The van der Waals surface area contributed by atoms with Gasteiger partial charge in [0.2, 0.25) is 0 Å². The first-order chi connectivity index (χ1) is 13.7. The van der Waals surface area contributed by atoms with Crippen molar-refractivity contribution in [1.29, 1.82) is 0 Å². The minimum Gasteiger partial charge on any atom is -0.370 e. The molecule has 1 aliphatic rings. The van der Waals surface area contributed by atoms with Crippen molar-refractivity contribution in [3.05, 3.63) is 59.2 Å². The van der Waals surface area contributed by atoms with Crippen LogP contribution in [0.4, 0.5) is 24.5 Å². The number of hydrogen-bond donors (Lipinski definition) is 2. The van der Waals surface area contributed by atoms with Gasteiger partial charge < -0.3 is 10.2 Å². The molecule has 2 aromatic carbocycles. The first-order valence-corrected chi connectivity index (χ1v) is 9.80. The SMILES string of the molecule is Cc1cccc(C(=O)NC(=S)Nc2cc(C(F)(F)F)ccc2N2CCCCC2)c1.